The van der Waals surface area contributed by atoms with Gasteiger partial charge in [-0.3, -0.25) is 4.79 Å². The molecule has 0 unspecified atom stereocenters. The number of aromatic nitrogens is 2. The third-order valence-electron chi connectivity index (χ3n) is 3.67. The molecule has 1 aliphatic rings. The molecule has 0 amide bonds. The first-order chi connectivity index (χ1) is 9.20. The Balaban J connectivity index is 1.99. The van der Waals surface area contributed by atoms with Crippen LogP contribution in [0.5, 0.6) is 0 Å². The van der Waals surface area contributed by atoms with Crippen LogP contribution in [-0.4, -0.2) is 36.6 Å². The molecule has 19 heavy (non-hydrogen) atoms. The van der Waals surface area contributed by atoms with Gasteiger partial charge in [0.1, 0.15) is 6.54 Å². The average Bonchev–Trinajstić information content (AvgIpc) is 2.48. The van der Waals surface area contributed by atoms with Crippen LogP contribution in [0.4, 0.5) is 5.95 Å². The largest absolute Gasteiger partial charge is 0.468 e. The quantitative estimate of drug-likeness (QED) is 0.779. The Morgan fingerprint density at radius 1 is 1.32 bits per heavy atom. The predicted octanol–water partition coefficient (Wildman–Crippen LogP) is 2.13. The first-order valence-electron chi connectivity index (χ1n) is 6.80. The summed E-state index contributed by atoms with van der Waals surface area (Å²) in [6.45, 7) is 0.166. The van der Waals surface area contributed by atoms with Crippen LogP contribution in [0.25, 0.3) is 0 Å². The number of rotatable bonds is 4. The maximum absolute atomic E-state index is 11.2. The van der Waals surface area contributed by atoms with Gasteiger partial charge in [-0.15, -0.1) is 0 Å². The first kappa shape index (κ1) is 13.8. The number of hydrogen-bond acceptors (Lipinski definition) is 5. The van der Waals surface area contributed by atoms with Gasteiger partial charge in [-0.05, 0) is 24.3 Å². The number of methoxy groups -OCH3 is 1. The molecule has 1 aromatic rings. The number of carbonyl (C=O) groups is 1. The molecule has 0 spiro atoms. The zero-order valence-electron chi connectivity index (χ0n) is 11.6. The van der Waals surface area contributed by atoms with E-state index in [4.69, 9.17) is 0 Å². The van der Waals surface area contributed by atoms with Gasteiger partial charge in [0.05, 0.1) is 7.11 Å². The molecule has 0 atom stereocenters. The van der Waals surface area contributed by atoms with Gasteiger partial charge in [-0.2, -0.15) is 0 Å². The Labute approximate surface area is 114 Å². The number of anilines is 1. The minimum absolute atomic E-state index is 0.166. The molecule has 0 aliphatic heterocycles. The highest BCUT2D eigenvalue weighted by atomic mass is 16.5. The third kappa shape index (κ3) is 3.66. The molecular formula is C14H21N3O2. The lowest BCUT2D eigenvalue weighted by Gasteiger charge is -2.22. The standard InChI is InChI=1S/C14H21N3O2/c1-17(10-13(18)19-2)14-15-8-12(9-16-14)11-6-4-3-5-7-11/h8-9,11H,3-7,10H2,1-2H3. The van der Waals surface area contributed by atoms with Crippen molar-refractivity contribution in [1.29, 1.82) is 0 Å². The molecule has 0 radical (unpaired) electrons. The van der Waals surface area contributed by atoms with Gasteiger partial charge >= 0.3 is 5.97 Å². The van der Waals surface area contributed by atoms with E-state index >= 15 is 0 Å². The smallest absolute Gasteiger partial charge is 0.325 e. The Bertz CT molecular complexity index is 413. The van der Waals surface area contributed by atoms with Crippen LogP contribution < -0.4 is 4.90 Å². The van der Waals surface area contributed by atoms with Gasteiger partial charge in [-0.25, -0.2) is 9.97 Å². The van der Waals surface area contributed by atoms with E-state index in [0.29, 0.717) is 11.9 Å². The highest BCUT2D eigenvalue weighted by molar-refractivity contribution is 5.74. The van der Waals surface area contributed by atoms with Crippen molar-refractivity contribution in [2.45, 2.75) is 38.0 Å². The first-order valence-corrected chi connectivity index (χ1v) is 6.80. The normalized spacial score (nSPS) is 16.1. The van der Waals surface area contributed by atoms with E-state index < -0.39 is 0 Å². The second-order valence-corrected chi connectivity index (χ2v) is 5.08. The van der Waals surface area contributed by atoms with E-state index in [0.717, 1.165) is 0 Å². The molecule has 0 saturated heterocycles. The number of likely N-dealkylation sites (N-methyl/N-ethyl adjacent to an activating group) is 1. The van der Waals surface area contributed by atoms with Crippen LogP contribution in [-0.2, 0) is 9.53 Å². The molecule has 1 aliphatic carbocycles. The summed E-state index contributed by atoms with van der Waals surface area (Å²) in [5.41, 5.74) is 1.22. The van der Waals surface area contributed by atoms with Gasteiger partial charge in [0.25, 0.3) is 0 Å². The molecule has 5 heteroatoms. The molecule has 1 heterocycles. The summed E-state index contributed by atoms with van der Waals surface area (Å²) < 4.78 is 4.63. The third-order valence-corrected chi connectivity index (χ3v) is 3.67. The van der Waals surface area contributed by atoms with E-state index in [1.54, 1.807) is 11.9 Å². The molecule has 2 rings (SSSR count). The van der Waals surface area contributed by atoms with E-state index in [9.17, 15) is 4.79 Å². The highest BCUT2D eigenvalue weighted by Gasteiger charge is 2.17. The van der Waals surface area contributed by atoms with Crippen LogP contribution in [0.3, 0.4) is 0 Å². The number of carbonyl (C=O) groups excluding carboxylic acids is 1. The van der Waals surface area contributed by atoms with Crippen molar-refractivity contribution < 1.29 is 9.53 Å². The maximum Gasteiger partial charge on any atom is 0.325 e. The Morgan fingerprint density at radius 3 is 2.53 bits per heavy atom. The second kappa shape index (κ2) is 6.50. The molecule has 0 bridgehead atoms. The summed E-state index contributed by atoms with van der Waals surface area (Å²) in [6, 6.07) is 0. The minimum Gasteiger partial charge on any atom is -0.468 e. The summed E-state index contributed by atoms with van der Waals surface area (Å²) in [7, 11) is 3.16. The van der Waals surface area contributed by atoms with Crippen molar-refractivity contribution >= 4 is 11.9 Å². The number of esters is 1. The summed E-state index contributed by atoms with van der Waals surface area (Å²) in [5, 5.41) is 0. The number of ether oxygens (including phenoxy) is 1. The number of nitrogens with zero attached hydrogens (tertiary/aromatic N) is 3. The zero-order chi connectivity index (χ0) is 13.7. The van der Waals surface area contributed by atoms with Gasteiger partial charge in [0.2, 0.25) is 5.95 Å². The van der Waals surface area contributed by atoms with E-state index in [1.807, 2.05) is 12.4 Å². The molecule has 5 nitrogen and oxygen atoms in total. The molecule has 0 N–H and O–H groups in total. The Morgan fingerprint density at radius 2 is 1.95 bits per heavy atom. The van der Waals surface area contributed by atoms with Gasteiger partial charge in [0, 0.05) is 19.4 Å². The molecular weight excluding hydrogens is 242 g/mol. The Kier molecular flexibility index (Phi) is 4.71. The second-order valence-electron chi connectivity index (χ2n) is 5.08. The van der Waals surface area contributed by atoms with Gasteiger partial charge in [-0.1, -0.05) is 19.3 Å². The zero-order valence-corrected chi connectivity index (χ0v) is 11.6. The maximum atomic E-state index is 11.2. The van der Waals surface area contributed by atoms with Crippen LogP contribution in [0.2, 0.25) is 0 Å². The molecule has 0 aromatic carbocycles. The summed E-state index contributed by atoms with van der Waals surface area (Å²) in [5.74, 6) is 0.876. The SMILES string of the molecule is COC(=O)CN(C)c1ncc(C2CCCCC2)cn1. The van der Waals surface area contributed by atoms with Crippen molar-refractivity contribution in [3.8, 4) is 0 Å². The van der Waals surface area contributed by atoms with Gasteiger partial charge in [0.15, 0.2) is 0 Å². The minimum atomic E-state index is -0.289. The number of hydrogen-bond donors (Lipinski definition) is 0. The van der Waals surface area contributed by atoms with E-state index in [1.165, 1.54) is 44.8 Å². The summed E-state index contributed by atoms with van der Waals surface area (Å²) >= 11 is 0. The van der Waals surface area contributed by atoms with E-state index in [2.05, 4.69) is 14.7 Å². The Hall–Kier alpha value is -1.65. The topological polar surface area (TPSA) is 55.3 Å². The van der Waals surface area contributed by atoms with Crippen molar-refractivity contribution in [3.63, 3.8) is 0 Å². The van der Waals surface area contributed by atoms with Gasteiger partial charge < -0.3 is 9.64 Å². The molecule has 1 fully saturated rings. The van der Waals surface area contributed by atoms with Crippen LogP contribution >= 0.6 is 0 Å². The van der Waals surface area contributed by atoms with Crippen LogP contribution in [0.15, 0.2) is 12.4 Å². The lowest BCUT2D eigenvalue weighted by Crippen LogP contribution is -2.28. The van der Waals surface area contributed by atoms with Crippen molar-refractivity contribution in [2.75, 3.05) is 25.6 Å². The summed E-state index contributed by atoms with van der Waals surface area (Å²) in [4.78, 5) is 21.6. The monoisotopic (exact) mass is 263 g/mol. The fraction of sp³-hybridized carbons (Fsp3) is 0.643. The molecule has 1 saturated carbocycles. The molecule has 1 aromatic heterocycles. The lowest BCUT2D eigenvalue weighted by atomic mass is 9.85. The average molecular weight is 263 g/mol. The van der Waals surface area contributed by atoms with Crippen molar-refractivity contribution in [1.82, 2.24) is 9.97 Å². The van der Waals surface area contributed by atoms with Crippen LogP contribution in [0, 0.1) is 0 Å². The fourth-order valence-corrected chi connectivity index (χ4v) is 2.50. The summed E-state index contributed by atoms with van der Waals surface area (Å²) in [6.07, 6.45) is 10.2. The molecule has 104 valence electrons. The van der Waals surface area contributed by atoms with Crippen LogP contribution in [0.1, 0.15) is 43.6 Å². The highest BCUT2D eigenvalue weighted by Crippen LogP contribution is 2.31. The predicted molar refractivity (Wildman–Crippen MR) is 73.1 cm³/mol. The van der Waals surface area contributed by atoms with Crippen molar-refractivity contribution in [2.24, 2.45) is 0 Å². The van der Waals surface area contributed by atoms with Crippen molar-refractivity contribution in [3.05, 3.63) is 18.0 Å². The fourth-order valence-electron chi connectivity index (χ4n) is 2.50. The lowest BCUT2D eigenvalue weighted by molar-refractivity contribution is -0.138. The van der Waals surface area contributed by atoms with E-state index in [-0.39, 0.29) is 12.5 Å².